The zero-order chi connectivity index (χ0) is 16.1. The number of nitrogens with two attached hydrogens (primary N) is 1. The first-order chi connectivity index (χ1) is 11.2. The Kier molecular flexibility index (Phi) is 5.61. The molecule has 0 unspecified atom stereocenters. The molecule has 0 spiro atoms. The van der Waals surface area contributed by atoms with Crippen LogP contribution in [0.25, 0.3) is 0 Å². The first kappa shape index (κ1) is 16.4. The highest BCUT2D eigenvalue weighted by atomic mass is 16.5. The third-order valence-electron chi connectivity index (χ3n) is 5.02. The average molecular weight is 321 g/mol. The van der Waals surface area contributed by atoms with Gasteiger partial charge in [0.2, 0.25) is 11.8 Å². The van der Waals surface area contributed by atoms with Crippen LogP contribution < -0.4 is 5.73 Å². The van der Waals surface area contributed by atoms with Crippen LogP contribution in [0, 0.1) is 5.92 Å². The van der Waals surface area contributed by atoms with E-state index in [4.69, 9.17) is 10.3 Å². The average Bonchev–Trinajstić information content (AvgIpc) is 3.25. The largest absolute Gasteiger partial charge is 0.340 e. The molecule has 1 aliphatic heterocycles. The number of hydrogen-bond donors (Lipinski definition) is 1. The van der Waals surface area contributed by atoms with Gasteiger partial charge in [0.1, 0.15) is 0 Å². The molecular formula is C16H27N5O2. The second kappa shape index (κ2) is 7.88. The molecule has 128 valence electrons. The molecule has 3 rings (SSSR count). The van der Waals surface area contributed by atoms with Gasteiger partial charge in [0.25, 0.3) is 0 Å². The van der Waals surface area contributed by atoms with Gasteiger partial charge in [0, 0.05) is 32.6 Å². The van der Waals surface area contributed by atoms with Crippen LogP contribution in [-0.2, 0) is 17.9 Å². The van der Waals surface area contributed by atoms with Crippen LogP contribution in [0.3, 0.4) is 0 Å². The van der Waals surface area contributed by atoms with Crippen LogP contribution in [0.2, 0.25) is 0 Å². The van der Waals surface area contributed by atoms with E-state index < -0.39 is 0 Å². The number of aromatic nitrogens is 2. The summed E-state index contributed by atoms with van der Waals surface area (Å²) in [5.74, 6) is 2.25. The lowest BCUT2D eigenvalue weighted by molar-refractivity contribution is -0.133. The van der Waals surface area contributed by atoms with Gasteiger partial charge >= 0.3 is 0 Å². The molecule has 23 heavy (non-hydrogen) atoms. The van der Waals surface area contributed by atoms with Gasteiger partial charge < -0.3 is 15.2 Å². The van der Waals surface area contributed by atoms with Crippen molar-refractivity contribution < 1.29 is 9.32 Å². The zero-order valence-corrected chi connectivity index (χ0v) is 13.7. The monoisotopic (exact) mass is 321 g/mol. The number of piperazine rings is 1. The molecule has 1 saturated carbocycles. The van der Waals surface area contributed by atoms with Gasteiger partial charge in [-0.1, -0.05) is 30.8 Å². The molecule has 1 aliphatic carbocycles. The van der Waals surface area contributed by atoms with Gasteiger partial charge in [-0.25, -0.2) is 0 Å². The van der Waals surface area contributed by atoms with Crippen LogP contribution in [0.1, 0.15) is 50.2 Å². The van der Waals surface area contributed by atoms with Gasteiger partial charge in [-0.05, 0) is 12.3 Å². The van der Waals surface area contributed by atoms with Crippen molar-refractivity contribution in [2.75, 3.05) is 26.2 Å². The first-order valence-corrected chi connectivity index (χ1v) is 8.76. The van der Waals surface area contributed by atoms with Crippen molar-refractivity contribution in [1.82, 2.24) is 19.9 Å². The fourth-order valence-corrected chi connectivity index (χ4v) is 3.58. The van der Waals surface area contributed by atoms with Crippen LogP contribution in [0.15, 0.2) is 4.52 Å². The van der Waals surface area contributed by atoms with E-state index in [0.29, 0.717) is 24.2 Å². The Labute approximate surface area is 137 Å². The molecule has 1 aromatic heterocycles. The predicted molar refractivity (Wildman–Crippen MR) is 85.2 cm³/mol. The number of nitrogens with zero attached hydrogens (tertiary/aromatic N) is 4. The predicted octanol–water partition coefficient (Wildman–Crippen LogP) is 1.14. The van der Waals surface area contributed by atoms with E-state index >= 15 is 0 Å². The minimum Gasteiger partial charge on any atom is -0.340 e. The second-order valence-electron chi connectivity index (χ2n) is 6.65. The Morgan fingerprint density at radius 1 is 1.22 bits per heavy atom. The highest BCUT2D eigenvalue weighted by Gasteiger charge is 2.23. The van der Waals surface area contributed by atoms with Crippen molar-refractivity contribution in [3.05, 3.63) is 11.7 Å². The molecule has 1 saturated heterocycles. The van der Waals surface area contributed by atoms with Crippen LogP contribution in [-0.4, -0.2) is 52.0 Å². The SMILES string of the molecule is NCc1nc(CN2CCN(C(=O)CCC3CCCC3)CC2)no1. The van der Waals surface area contributed by atoms with Crippen LogP contribution in [0.5, 0.6) is 0 Å². The smallest absolute Gasteiger partial charge is 0.240 e. The van der Waals surface area contributed by atoms with Gasteiger partial charge in [0.15, 0.2) is 5.82 Å². The summed E-state index contributed by atoms with van der Waals surface area (Å²) in [6.45, 7) is 4.25. The minimum absolute atomic E-state index is 0.274. The van der Waals surface area contributed by atoms with E-state index in [1.165, 1.54) is 25.7 Å². The second-order valence-corrected chi connectivity index (χ2v) is 6.65. The lowest BCUT2D eigenvalue weighted by atomic mass is 10.0. The van der Waals surface area contributed by atoms with E-state index in [9.17, 15) is 4.79 Å². The van der Waals surface area contributed by atoms with Gasteiger partial charge in [-0.2, -0.15) is 4.98 Å². The maximum absolute atomic E-state index is 12.3. The molecule has 1 amide bonds. The Morgan fingerprint density at radius 3 is 2.61 bits per heavy atom. The molecule has 7 nitrogen and oxygen atoms in total. The summed E-state index contributed by atoms with van der Waals surface area (Å²) < 4.78 is 5.02. The lowest BCUT2D eigenvalue weighted by Gasteiger charge is -2.34. The molecule has 7 heteroatoms. The summed E-state index contributed by atoms with van der Waals surface area (Å²) in [4.78, 5) is 20.8. The van der Waals surface area contributed by atoms with Crippen molar-refractivity contribution >= 4 is 5.91 Å². The van der Waals surface area contributed by atoms with Gasteiger partial charge in [-0.3, -0.25) is 9.69 Å². The standard InChI is InChI=1S/C16H27N5O2/c17-11-15-18-14(19-23-15)12-20-7-9-21(10-8-20)16(22)6-5-13-3-1-2-4-13/h13H,1-12,17H2. The Balaban J connectivity index is 1.38. The number of carbonyl (C=O) groups is 1. The molecule has 0 aromatic carbocycles. The highest BCUT2D eigenvalue weighted by Crippen LogP contribution is 2.28. The van der Waals surface area contributed by atoms with Crippen molar-refractivity contribution in [3.63, 3.8) is 0 Å². The third-order valence-corrected chi connectivity index (χ3v) is 5.02. The zero-order valence-electron chi connectivity index (χ0n) is 13.7. The molecule has 2 fully saturated rings. The third kappa shape index (κ3) is 4.51. The quantitative estimate of drug-likeness (QED) is 0.845. The fourth-order valence-electron chi connectivity index (χ4n) is 3.58. The maximum Gasteiger partial charge on any atom is 0.240 e. The summed E-state index contributed by atoms with van der Waals surface area (Å²) in [5, 5.41) is 3.92. The summed E-state index contributed by atoms with van der Waals surface area (Å²) in [5.41, 5.74) is 5.47. The molecule has 2 heterocycles. The van der Waals surface area contributed by atoms with E-state index in [1.807, 2.05) is 4.90 Å². The molecule has 0 bridgehead atoms. The fraction of sp³-hybridized carbons (Fsp3) is 0.812. The van der Waals surface area contributed by atoms with Crippen LogP contribution in [0.4, 0.5) is 0 Å². The summed E-state index contributed by atoms with van der Waals surface area (Å²) in [6.07, 6.45) is 7.12. The van der Waals surface area contributed by atoms with Crippen molar-refractivity contribution in [3.8, 4) is 0 Å². The van der Waals surface area contributed by atoms with Gasteiger partial charge in [-0.15, -0.1) is 0 Å². The lowest BCUT2D eigenvalue weighted by Crippen LogP contribution is -2.48. The molecule has 2 aliphatic rings. The maximum atomic E-state index is 12.3. The molecule has 2 N–H and O–H groups in total. The van der Waals surface area contributed by atoms with Crippen molar-refractivity contribution in [2.45, 2.75) is 51.6 Å². The summed E-state index contributed by atoms with van der Waals surface area (Å²) in [7, 11) is 0. The summed E-state index contributed by atoms with van der Waals surface area (Å²) >= 11 is 0. The minimum atomic E-state index is 0.274. The van der Waals surface area contributed by atoms with E-state index in [1.54, 1.807) is 0 Å². The number of carbonyl (C=O) groups excluding carboxylic acids is 1. The normalized spacial score (nSPS) is 20.3. The number of rotatable bonds is 6. The van der Waals surface area contributed by atoms with E-state index in [0.717, 1.165) is 44.9 Å². The van der Waals surface area contributed by atoms with E-state index in [2.05, 4.69) is 15.0 Å². The first-order valence-electron chi connectivity index (χ1n) is 8.76. The molecule has 0 radical (unpaired) electrons. The molecule has 0 atom stereocenters. The number of hydrogen-bond acceptors (Lipinski definition) is 6. The molecule has 1 aromatic rings. The van der Waals surface area contributed by atoms with Crippen molar-refractivity contribution in [1.29, 1.82) is 0 Å². The van der Waals surface area contributed by atoms with Crippen LogP contribution >= 0.6 is 0 Å². The highest BCUT2D eigenvalue weighted by molar-refractivity contribution is 5.76. The number of amides is 1. The Hall–Kier alpha value is -1.47. The Bertz CT molecular complexity index is 504. The van der Waals surface area contributed by atoms with Crippen molar-refractivity contribution in [2.24, 2.45) is 11.7 Å². The topological polar surface area (TPSA) is 88.5 Å². The Morgan fingerprint density at radius 2 is 1.96 bits per heavy atom. The molecular weight excluding hydrogens is 294 g/mol. The van der Waals surface area contributed by atoms with E-state index in [-0.39, 0.29) is 6.54 Å². The van der Waals surface area contributed by atoms with Gasteiger partial charge in [0.05, 0.1) is 13.1 Å². The summed E-state index contributed by atoms with van der Waals surface area (Å²) in [6, 6.07) is 0.